The smallest absolute Gasteiger partial charge is 0.147 e. The Bertz CT molecular complexity index is 4400. The zero-order chi connectivity index (χ0) is 59.9. The Balaban J connectivity index is 0.00000347. The van der Waals surface area contributed by atoms with E-state index in [0.717, 1.165) is 92.8 Å². The van der Waals surface area contributed by atoms with E-state index in [1.54, 1.807) is 0 Å². The molecule has 3 aliphatic rings. The number of benzene rings is 11. The van der Waals surface area contributed by atoms with E-state index in [-0.39, 0.29) is 5.75 Å². The van der Waals surface area contributed by atoms with Gasteiger partial charge in [0.25, 0.3) is 0 Å². The first kappa shape index (κ1) is 57.0. The van der Waals surface area contributed by atoms with E-state index in [1.165, 1.54) is 116 Å². The van der Waals surface area contributed by atoms with Gasteiger partial charge in [0, 0.05) is 33.6 Å². The number of phenolic OH excluding ortho intramolecular Hbond substituents is 2. The predicted molar refractivity (Wildman–Crippen MR) is 371 cm³/mol. The molecule has 1 atom stereocenters. The van der Waals surface area contributed by atoms with Gasteiger partial charge in [-0.1, -0.05) is 208 Å². The van der Waals surface area contributed by atoms with Crippen molar-refractivity contribution < 1.29 is 10.2 Å². The highest BCUT2D eigenvalue weighted by molar-refractivity contribution is 6.29. The highest BCUT2D eigenvalue weighted by Gasteiger charge is 2.31. The monoisotopic (exact) mass is 1140 g/mol. The van der Waals surface area contributed by atoms with E-state index in [4.69, 9.17) is 0 Å². The molecule has 2 N–H and O–H groups in total. The molecule has 0 radical (unpaired) electrons. The number of nitrogens with zero attached hydrogens (tertiary/aromatic N) is 2. The van der Waals surface area contributed by atoms with Crippen LogP contribution in [-0.4, -0.2) is 10.2 Å². The molecule has 0 amide bonds. The Morgan fingerprint density at radius 3 is 1.46 bits per heavy atom. The molecule has 1 unspecified atom stereocenters. The van der Waals surface area contributed by atoms with Crippen molar-refractivity contribution in [1.82, 2.24) is 0 Å². The Labute approximate surface area is 515 Å². The van der Waals surface area contributed by atoms with Crippen molar-refractivity contribution in [2.24, 2.45) is 0 Å². The molecule has 434 valence electrons. The second kappa shape index (κ2) is 24.3. The summed E-state index contributed by atoms with van der Waals surface area (Å²) in [6, 6.07) is 71.0. The third-order valence-electron chi connectivity index (χ3n) is 19.7. The standard InChI is InChI=1S/C81H76N2O2.C2H4/c1-51-36-40-61(41-37-51)82(74-34-18-26-58(80(74)84)25-17-32-64-54(4)65-30-14-15-31-66(65)55(64)5)76-49-72(56-21-8-6-9-22-56)68-45-47-71-77(50-73(57-23-10-7-11-24-57)69-44-46-70(76)78(68)79(69)71)83(62-42-38-52(2)39-43-62)75-35-19-33-67(81(75)85)60-28-16-27-59(48-60)63-29-13-12-20-53(63)3;1-2/h12-20,26-50,54,56-57,84-85H,6-11,21-25H2,1-5H3;1-2H2/b32-17-;. The number of hydrogen-bond acceptors (Lipinski definition) is 4. The van der Waals surface area contributed by atoms with Gasteiger partial charge in [-0.25, -0.2) is 0 Å². The minimum atomic E-state index is 0.244. The first-order chi connectivity index (χ1) is 42.6. The molecule has 3 aliphatic carbocycles. The number of fused-ring (bicyclic) bond motifs is 1. The summed E-state index contributed by atoms with van der Waals surface area (Å²) >= 11 is 0. The normalized spacial score (nSPS) is 15.6. The van der Waals surface area contributed by atoms with Crippen molar-refractivity contribution in [3.8, 4) is 33.8 Å². The van der Waals surface area contributed by atoms with E-state index >= 15 is 0 Å². The van der Waals surface area contributed by atoms with Gasteiger partial charge < -0.3 is 20.0 Å². The largest absolute Gasteiger partial charge is 0.505 e. The van der Waals surface area contributed by atoms with Crippen LogP contribution in [0.2, 0.25) is 0 Å². The first-order valence-corrected chi connectivity index (χ1v) is 31.9. The van der Waals surface area contributed by atoms with Gasteiger partial charge in [-0.05, 0) is 209 Å². The van der Waals surface area contributed by atoms with E-state index in [0.29, 0.717) is 29.9 Å². The van der Waals surface area contributed by atoms with Gasteiger partial charge >= 0.3 is 0 Å². The summed E-state index contributed by atoms with van der Waals surface area (Å²) in [6.45, 7) is 17.0. The molecule has 0 bridgehead atoms. The van der Waals surface area contributed by atoms with Crippen LogP contribution in [0.5, 0.6) is 11.5 Å². The molecule has 11 aromatic carbocycles. The van der Waals surface area contributed by atoms with Crippen LogP contribution in [0, 0.1) is 20.8 Å². The molecular weight excluding hydrogens is 1060 g/mol. The maximum atomic E-state index is 13.1. The second-order valence-electron chi connectivity index (χ2n) is 24.9. The van der Waals surface area contributed by atoms with Gasteiger partial charge in [0.2, 0.25) is 0 Å². The topological polar surface area (TPSA) is 46.9 Å². The summed E-state index contributed by atoms with van der Waals surface area (Å²) in [6.07, 6.45) is 17.0. The average molecular weight is 1140 g/mol. The van der Waals surface area contributed by atoms with Crippen molar-refractivity contribution in [3.05, 3.63) is 270 Å². The fraction of sp³-hybridized carbons (Fsp3) is 0.229. The van der Waals surface area contributed by atoms with Crippen molar-refractivity contribution in [1.29, 1.82) is 0 Å². The Hall–Kier alpha value is -9.12. The summed E-state index contributed by atoms with van der Waals surface area (Å²) in [5.74, 6) is 1.62. The molecule has 4 nitrogen and oxygen atoms in total. The van der Waals surface area contributed by atoms with Gasteiger partial charge in [-0.2, -0.15) is 0 Å². The summed E-state index contributed by atoms with van der Waals surface area (Å²) in [7, 11) is 0. The quantitative estimate of drug-likeness (QED) is 0.0892. The van der Waals surface area contributed by atoms with Crippen LogP contribution in [-0.2, 0) is 6.42 Å². The van der Waals surface area contributed by atoms with Crippen molar-refractivity contribution in [2.45, 2.75) is 123 Å². The summed E-state index contributed by atoms with van der Waals surface area (Å²) in [5.41, 5.74) is 22.3. The zero-order valence-electron chi connectivity index (χ0n) is 51.3. The Kier molecular flexibility index (Phi) is 15.9. The third-order valence-corrected chi connectivity index (χ3v) is 19.7. The lowest BCUT2D eigenvalue weighted by molar-refractivity contribution is 0.445. The van der Waals surface area contributed by atoms with Crippen molar-refractivity contribution >= 4 is 72.0 Å². The van der Waals surface area contributed by atoms with Gasteiger partial charge in [0.15, 0.2) is 0 Å². The molecule has 0 saturated heterocycles. The number of hydrogen-bond donors (Lipinski definition) is 2. The minimum Gasteiger partial charge on any atom is -0.505 e. The van der Waals surface area contributed by atoms with Crippen LogP contribution in [0.4, 0.5) is 34.1 Å². The summed E-state index contributed by atoms with van der Waals surface area (Å²) in [4.78, 5) is 4.72. The van der Waals surface area contributed by atoms with Crippen LogP contribution in [0.3, 0.4) is 0 Å². The van der Waals surface area contributed by atoms with E-state index in [1.807, 2.05) is 0 Å². The summed E-state index contributed by atoms with van der Waals surface area (Å²) in [5, 5.41) is 33.5. The number of aromatic hydroxyl groups is 2. The summed E-state index contributed by atoms with van der Waals surface area (Å²) < 4.78 is 0. The molecular formula is C83H80N2O2. The Morgan fingerprint density at radius 1 is 0.437 bits per heavy atom. The van der Waals surface area contributed by atoms with Crippen LogP contribution < -0.4 is 9.80 Å². The fourth-order valence-electron chi connectivity index (χ4n) is 15.2. The molecule has 14 rings (SSSR count). The molecule has 0 aromatic heterocycles. The molecule has 87 heavy (non-hydrogen) atoms. The second-order valence-corrected chi connectivity index (χ2v) is 24.9. The molecule has 0 heterocycles. The van der Waals surface area contributed by atoms with E-state index in [9.17, 15) is 10.2 Å². The molecule has 11 aromatic rings. The number of aryl methyl sites for hydroxylation is 3. The maximum Gasteiger partial charge on any atom is 0.147 e. The minimum absolute atomic E-state index is 0.244. The first-order valence-electron chi connectivity index (χ1n) is 31.9. The Morgan fingerprint density at radius 2 is 0.908 bits per heavy atom. The molecule has 2 fully saturated rings. The van der Waals surface area contributed by atoms with Crippen LogP contribution in [0.1, 0.15) is 140 Å². The number of phenols is 2. The lowest BCUT2D eigenvalue weighted by Gasteiger charge is -2.34. The van der Waals surface area contributed by atoms with Gasteiger partial charge in [0.05, 0.1) is 22.7 Å². The lowest BCUT2D eigenvalue weighted by Crippen LogP contribution is -2.15. The number of anilines is 6. The van der Waals surface area contributed by atoms with Crippen LogP contribution in [0.15, 0.2) is 225 Å². The van der Waals surface area contributed by atoms with Crippen molar-refractivity contribution in [2.75, 3.05) is 9.80 Å². The third kappa shape index (κ3) is 10.5. The number of rotatable bonds is 13. The molecule has 2 saturated carbocycles. The zero-order valence-corrected chi connectivity index (χ0v) is 51.3. The molecule has 4 heteroatoms. The van der Waals surface area contributed by atoms with E-state index in [2.05, 4.69) is 264 Å². The van der Waals surface area contributed by atoms with Gasteiger partial charge in [-0.3, -0.25) is 0 Å². The molecule has 0 spiro atoms. The van der Waals surface area contributed by atoms with Gasteiger partial charge in [-0.15, -0.1) is 13.2 Å². The predicted octanol–water partition coefficient (Wildman–Crippen LogP) is 23.8. The maximum absolute atomic E-state index is 13.1. The van der Waals surface area contributed by atoms with E-state index < -0.39 is 0 Å². The van der Waals surface area contributed by atoms with Gasteiger partial charge in [0.1, 0.15) is 11.5 Å². The fourth-order valence-corrected chi connectivity index (χ4v) is 15.2. The van der Waals surface area contributed by atoms with Crippen LogP contribution >= 0.6 is 0 Å². The average Bonchev–Trinajstić information content (AvgIpc) is 1.39. The highest BCUT2D eigenvalue weighted by atomic mass is 16.3. The number of para-hydroxylation sites is 2. The lowest BCUT2D eigenvalue weighted by atomic mass is 9.77. The SMILES string of the molecule is C=C.CC1=C(/C=C\Cc2cccc(N(c3ccc(C)cc3)c3cc(C4CCCCC4)c4ccc5c(N(c6ccc(C)cc6)c6cccc(-c7cccc(-c8ccccc8C)c7)c6O)cc(C6CCCCC6)c6ccc3c4c65)c2O)C(C)c2ccccc21. The van der Waals surface area contributed by atoms with Crippen LogP contribution in [0.25, 0.3) is 60.1 Å². The highest BCUT2D eigenvalue weighted by Crippen LogP contribution is 2.55. The number of allylic oxidation sites excluding steroid dienone is 4. The van der Waals surface area contributed by atoms with Crippen molar-refractivity contribution in [3.63, 3.8) is 0 Å². The molecule has 0 aliphatic heterocycles.